The molecule has 0 aliphatic heterocycles. The number of carbonyl (C=O) groups excluding carboxylic acids is 2. The van der Waals surface area contributed by atoms with Crippen LogP contribution in [-0.4, -0.2) is 43.8 Å². The van der Waals surface area contributed by atoms with Gasteiger partial charge in [-0.05, 0) is 85.5 Å². The van der Waals surface area contributed by atoms with Gasteiger partial charge in [0.2, 0.25) is 11.8 Å². The number of aryl methyl sites for hydroxylation is 1. The number of hydrogen-bond donors (Lipinski definition) is 1. The summed E-state index contributed by atoms with van der Waals surface area (Å²) in [6, 6.07) is 28.8. The number of nitrogens with zero attached hydrogens (tertiary/aromatic N) is 2. The van der Waals surface area contributed by atoms with Gasteiger partial charge < -0.3 is 10.2 Å². The van der Waals surface area contributed by atoms with Crippen LogP contribution in [0.15, 0.2) is 112 Å². The highest BCUT2D eigenvalue weighted by Crippen LogP contribution is 2.27. The second kappa shape index (κ2) is 15.6. The molecule has 4 rings (SSSR count). The summed E-state index contributed by atoms with van der Waals surface area (Å²) in [4.78, 5) is 29.9. The average Bonchev–Trinajstić information content (AvgIpc) is 3.02. The van der Waals surface area contributed by atoms with Crippen LogP contribution in [0.3, 0.4) is 0 Å². The smallest absolute Gasteiger partial charge is 0.264 e. The van der Waals surface area contributed by atoms with Gasteiger partial charge in [0.1, 0.15) is 12.6 Å². The van der Waals surface area contributed by atoms with E-state index in [2.05, 4.69) is 21.2 Å². The van der Waals surface area contributed by atoms with Crippen LogP contribution in [0.5, 0.6) is 0 Å². The van der Waals surface area contributed by atoms with Crippen LogP contribution in [-0.2, 0) is 32.6 Å². The maximum absolute atomic E-state index is 14.5. The Kier molecular flexibility index (Phi) is 11.8. The summed E-state index contributed by atoms with van der Waals surface area (Å²) in [6.45, 7) is 5.32. The van der Waals surface area contributed by atoms with E-state index in [1.165, 1.54) is 29.2 Å². The third kappa shape index (κ3) is 9.19. The van der Waals surface area contributed by atoms with E-state index in [-0.39, 0.29) is 29.8 Å². The van der Waals surface area contributed by atoms with Crippen LogP contribution < -0.4 is 9.62 Å². The van der Waals surface area contributed by atoms with Crippen molar-refractivity contribution in [2.45, 2.75) is 57.1 Å². The van der Waals surface area contributed by atoms with E-state index < -0.39 is 28.5 Å². The first-order chi connectivity index (χ1) is 21.5. The van der Waals surface area contributed by atoms with Crippen molar-refractivity contribution in [3.05, 3.63) is 129 Å². The van der Waals surface area contributed by atoms with E-state index in [4.69, 9.17) is 11.6 Å². The quantitative estimate of drug-likeness (QED) is 0.160. The molecule has 7 nitrogen and oxygen atoms in total. The molecule has 2 atom stereocenters. The van der Waals surface area contributed by atoms with E-state index >= 15 is 0 Å². The van der Waals surface area contributed by atoms with Gasteiger partial charge in [-0.25, -0.2) is 8.42 Å². The van der Waals surface area contributed by atoms with Crippen molar-refractivity contribution in [3.63, 3.8) is 0 Å². The van der Waals surface area contributed by atoms with Crippen molar-refractivity contribution >= 4 is 55.1 Å². The molecule has 45 heavy (non-hydrogen) atoms. The van der Waals surface area contributed by atoms with Gasteiger partial charge in [-0.3, -0.25) is 13.9 Å². The zero-order valence-corrected chi connectivity index (χ0v) is 28.6. The number of amides is 2. The van der Waals surface area contributed by atoms with Gasteiger partial charge in [-0.15, -0.1) is 0 Å². The lowest BCUT2D eigenvalue weighted by Gasteiger charge is -2.34. The van der Waals surface area contributed by atoms with Gasteiger partial charge in [-0.1, -0.05) is 89.1 Å². The zero-order chi connectivity index (χ0) is 32.6. The minimum Gasteiger partial charge on any atom is -0.352 e. The highest BCUT2D eigenvalue weighted by atomic mass is 79.9. The molecule has 0 aliphatic rings. The fourth-order valence-electron chi connectivity index (χ4n) is 4.83. The van der Waals surface area contributed by atoms with Gasteiger partial charge in [0, 0.05) is 28.5 Å². The predicted octanol–water partition coefficient (Wildman–Crippen LogP) is 7.16. The van der Waals surface area contributed by atoms with Crippen molar-refractivity contribution in [2.24, 2.45) is 0 Å². The van der Waals surface area contributed by atoms with Crippen LogP contribution in [0.4, 0.5) is 5.69 Å². The number of sulfonamides is 1. The number of anilines is 1. The summed E-state index contributed by atoms with van der Waals surface area (Å²) in [6.07, 6.45) is 0.963. The second-order valence-electron chi connectivity index (χ2n) is 11.0. The van der Waals surface area contributed by atoms with Crippen LogP contribution in [0.2, 0.25) is 5.02 Å². The highest BCUT2D eigenvalue weighted by molar-refractivity contribution is 9.10. The molecule has 0 bridgehead atoms. The molecule has 0 fully saturated rings. The first kappa shape index (κ1) is 34.2. The maximum Gasteiger partial charge on any atom is 0.264 e. The Morgan fingerprint density at radius 3 is 2.18 bits per heavy atom. The lowest BCUT2D eigenvalue weighted by Crippen LogP contribution is -2.54. The minimum absolute atomic E-state index is 0.00369. The summed E-state index contributed by atoms with van der Waals surface area (Å²) in [5.41, 5.74) is 2.84. The van der Waals surface area contributed by atoms with Gasteiger partial charge in [0.25, 0.3) is 10.0 Å². The molecule has 4 aromatic rings. The number of halogens is 2. The van der Waals surface area contributed by atoms with Crippen molar-refractivity contribution in [1.29, 1.82) is 0 Å². The number of carbonyl (C=O) groups is 2. The Balaban J connectivity index is 1.80. The Morgan fingerprint density at radius 1 is 0.889 bits per heavy atom. The Bertz CT molecular complexity index is 1700. The SMILES string of the molecule is CC[C@@H](C)NC(=O)[C@@H](Cc1ccccc1)N(Cc1ccc(Br)cc1)C(=O)CN(c1cccc(C)c1)S(=O)(=O)c1ccc(Cl)cc1. The molecule has 4 aromatic carbocycles. The van der Waals surface area contributed by atoms with Gasteiger partial charge in [0.15, 0.2) is 0 Å². The lowest BCUT2D eigenvalue weighted by atomic mass is 10.0. The predicted molar refractivity (Wildman–Crippen MR) is 184 cm³/mol. The molecule has 0 aliphatic carbocycles. The Morgan fingerprint density at radius 2 is 1.56 bits per heavy atom. The molecule has 236 valence electrons. The molecule has 10 heteroatoms. The molecule has 0 saturated carbocycles. The number of nitrogens with one attached hydrogen (secondary N) is 1. The van der Waals surface area contributed by atoms with Gasteiger partial charge in [0.05, 0.1) is 10.6 Å². The van der Waals surface area contributed by atoms with Gasteiger partial charge in [-0.2, -0.15) is 0 Å². The molecule has 0 radical (unpaired) electrons. The van der Waals surface area contributed by atoms with Crippen LogP contribution >= 0.6 is 27.5 Å². The number of hydrogen-bond acceptors (Lipinski definition) is 4. The largest absolute Gasteiger partial charge is 0.352 e. The molecule has 0 spiro atoms. The number of benzene rings is 4. The number of rotatable bonds is 13. The highest BCUT2D eigenvalue weighted by Gasteiger charge is 2.35. The lowest BCUT2D eigenvalue weighted by molar-refractivity contribution is -0.140. The Labute approximate surface area is 279 Å². The maximum atomic E-state index is 14.5. The summed E-state index contributed by atoms with van der Waals surface area (Å²) in [5.74, 6) is -0.821. The van der Waals surface area contributed by atoms with Crippen molar-refractivity contribution in [3.8, 4) is 0 Å². The summed E-state index contributed by atoms with van der Waals surface area (Å²) < 4.78 is 30.2. The molecule has 0 heterocycles. The fourth-order valence-corrected chi connectivity index (χ4v) is 6.62. The normalized spacial score (nSPS) is 12.6. The van der Waals surface area contributed by atoms with E-state index in [0.29, 0.717) is 17.1 Å². The first-order valence-electron chi connectivity index (χ1n) is 14.7. The first-order valence-corrected chi connectivity index (χ1v) is 17.3. The summed E-state index contributed by atoms with van der Waals surface area (Å²) in [5, 5.41) is 3.44. The summed E-state index contributed by atoms with van der Waals surface area (Å²) >= 11 is 9.52. The van der Waals surface area contributed by atoms with Crippen molar-refractivity contribution in [2.75, 3.05) is 10.8 Å². The third-order valence-electron chi connectivity index (χ3n) is 7.51. The fraction of sp³-hybridized carbons (Fsp3) is 0.257. The molecule has 0 saturated heterocycles. The minimum atomic E-state index is -4.20. The monoisotopic (exact) mass is 709 g/mol. The van der Waals surface area contributed by atoms with E-state index in [0.717, 1.165) is 25.5 Å². The van der Waals surface area contributed by atoms with Crippen LogP contribution in [0.25, 0.3) is 0 Å². The van der Waals surface area contributed by atoms with Crippen LogP contribution in [0, 0.1) is 6.92 Å². The topological polar surface area (TPSA) is 86.8 Å². The van der Waals surface area contributed by atoms with Gasteiger partial charge >= 0.3 is 0 Å². The molecule has 0 aromatic heterocycles. The van der Waals surface area contributed by atoms with E-state index in [1.54, 1.807) is 18.2 Å². The van der Waals surface area contributed by atoms with Crippen molar-refractivity contribution < 1.29 is 18.0 Å². The molecule has 2 amide bonds. The molecular weight excluding hydrogens is 674 g/mol. The zero-order valence-electron chi connectivity index (χ0n) is 25.5. The van der Waals surface area contributed by atoms with Crippen LogP contribution in [0.1, 0.15) is 37.0 Å². The van der Waals surface area contributed by atoms with E-state index in [9.17, 15) is 18.0 Å². The standard InChI is InChI=1S/C35H37BrClN3O4S/c1-4-26(3)38-35(42)33(22-27-10-6-5-7-11-27)39(23-28-13-15-29(36)16-14-28)34(41)24-40(31-12-8-9-25(2)21-31)45(43,44)32-19-17-30(37)18-20-32/h5-21,26,33H,4,22-24H2,1-3H3,(H,38,42)/t26-,33-/m1/s1. The second-order valence-corrected chi connectivity index (χ2v) is 14.2. The molecule has 1 N–H and O–H groups in total. The Hall–Kier alpha value is -3.66. The average molecular weight is 711 g/mol. The third-order valence-corrected chi connectivity index (χ3v) is 10.1. The molecule has 0 unspecified atom stereocenters. The van der Waals surface area contributed by atoms with Crippen molar-refractivity contribution in [1.82, 2.24) is 10.2 Å². The summed E-state index contributed by atoms with van der Waals surface area (Å²) in [7, 11) is -4.20. The van der Waals surface area contributed by atoms with E-state index in [1.807, 2.05) is 81.4 Å². The molecular formula is C35H37BrClN3O4S.